The molecule has 1 heterocycles. The second-order valence-corrected chi connectivity index (χ2v) is 6.82. The molecule has 1 aromatic rings. The first-order chi connectivity index (χ1) is 12.4. The molecule has 1 aliphatic heterocycles. The van der Waals surface area contributed by atoms with Gasteiger partial charge in [0.15, 0.2) is 0 Å². The normalized spacial score (nSPS) is 15.0. The van der Waals surface area contributed by atoms with E-state index in [1.54, 1.807) is 6.92 Å². The van der Waals surface area contributed by atoms with E-state index in [0.717, 1.165) is 57.1 Å². The van der Waals surface area contributed by atoms with Crippen molar-refractivity contribution < 1.29 is 9.59 Å². The highest BCUT2D eigenvalue weighted by Gasteiger charge is 2.19. The number of aryl methyl sites for hydroxylation is 1. The lowest BCUT2D eigenvalue weighted by atomic mass is 10.1. The number of rotatable bonds is 7. The predicted molar refractivity (Wildman–Crippen MR) is 107 cm³/mol. The van der Waals surface area contributed by atoms with E-state index in [-0.39, 0.29) is 11.8 Å². The van der Waals surface area contributed by atoms with Gasteiger partial charge in [0.05, 0.1) is 0 Å². The fraction of sp³-hybridized carbons (Fsp3) is 0.600. The maximum Gasteiger partial charge on any atom is 0.225 e. The Morgan fingerprint density at radius 3 is 2.31 bits per heavy atom. The van der Waals surface area contributed by atoms with Crippen LogP contribution >= 0.6 is 0 Å². The summed E-state index contributed by atoms with van der Waals surface area (Å²) >= 11 is 0. The minimum Gasteiger partial charge on any atom is -0.372 e. The largest absolute Gasteiger partial charge is 0.372 e. The molecule has 1 fully saturated rings. The summed E-state index contributed by atoms with van der Waals surface area (Å²) in [5, 5.41) is 3.03. The van der Waals surface area contributed by atoms with Gasteiger partial charge >= 0.3 is 0 Å². The average Bonchev–Trinajstić information content (AvgIpc) is 2.63. The lowest BCUT2D eigenvalue weighted by Gasteiger charge is -2.34. The van der Waals surface area contributed by atoms with E-state index in [0.29, 0.717) is 6.42 Å². The van der Waals surface area contributed by atoms with Crippen molar-refractivity contribution >= 4 is 23.2 Å². The maximum absolute atomic E-state index is 12.3. The minimum absolute atomic E-state index is 0.0395. The topological polar surface area (TPSA) is 55.9 Å². The molecule has 0 radical (unpaired) electrons. The summed E-state index contributed by atoms with van der Waals surface area (Å²) in [4.78, 5) is 30.0. The first-order valence-electron chi connectivity index (χ1n) is 9.57. The maximum atomic E-state index is 12.3. The van der Waals surface area contributed by atoms with Gasteiger partial charge in [-0.05, 0) is 44.5 Å². The number of anilines is 2. The summed E-state index contributed by atoms with van der Waals surface area (Å²) < 4.78 is 0. The van der Waals surface area contributed by atoms with Crippen molar-refractivity contribution in [2.24, 2.45) is 0 Å². The van der Waals surface area contributed by atoms with Crippen molar-refractivity contribution in [3.63, 3.8) is 0 Å². The monoisotopic (exact) mass is 360 g/mol. The van der Waals surface area contributed by atoms with Crippen LogP contribution in [-0.2, 0) is 9.59 Å². The van der Waals surface area contributed by atoms with Crippen molar-refractivity contribution in [3.05, 3.63) is 23.8 Å². The van der Waals surface area contributed by atoms with Crippen molar-refractivity contribution in [1.82, 2.24) is 9.80 Å². The molecule has 0 atom stereocenters. The molecule has 0 bridgehead atoms. The number of amides is 2. The van der Waals surface area contributed by atoms with E-state index in [1.165, 1.54) is 5.69 Å². The summed E-state index contributed by atoms with van der Waals surface area (Å²) in [6.45, 7) is 13.8. The van der Waals surface area contributed by atoms with Crippen LogP contribution in [0.4, 0.5) is 11.4 Å². The number of nitrogens with one attached hydrogen (secondary N) is 1. The Morgan fingerprint density at radius 1 is 1.12 bits per heavy atom. The van der Waals surface area contributed by atoms with Gasteiger partial charge in [-0.1, -0.05) is 0 Å². The average molecular weight is 361 g/mol. The Balaban J connectivity index is 1.82. The lowest BCUT2D eigenvalue weighted by molar-refractivity contribution is -0.130. The zero-order valence-electron chi connectivity index (χ0n) is 16.5. The number of hydrogen-bond donors (Lipinski definition) is 1. The van der Waals surface area contributed by atoms with E-state index < -0.39 is 0 Å². The molecule has 2 amide bonds. The quantitative estimate of drug-likeness (QED) is 0.811. The SMILES string of the molecule is CCN(CC)c1ccc(NC(=O)CCN2CCN(C(C)=O)CC2)c(C)c1. The van der Waals surface area contributed by atoms with Crippen molar-refractivity contribution in [2.75, 3.05) is 56.0 Å². The van der Waals surface area contributed by atoms with Crippen LogP contribution in [0.15, 0.2) is 18.2 Å². The molecule has 144 valence electrons. The van der Waals surface area contributed by atoms with Crippen LogP contribution < -0.4 is 10.2 Å². The molecule has 1 aliphatic rings. The Hall–Kier alpha value is -2.08. The molecule has 6 nitrogen and oxygen atoms in total. The second-order valence-electron chi connectivity index (χ2n) is 6.82. The van der Waals surface area contributed by atoms with Gasteiger partial charge in [-0.15, -0.1) is 0 Å². The molecule has 0 saturated carbocycles. The van der Waals surface area contributed by atoms with E-state index in [9.17, 15) is 9.59 Å². The number of hydrogen-bond acceptors (Lipinski definition) is 4. The first kappa shape index (κ1) is 20.2. The van der Waals surface area contributed by atoms with Gasteiger partial charge in [-0.2, -0.15) is 0 Å². The zero-order valence-corrected chi connectivity index (χ0v) is 16.5. The molecular weight excluding hydrogens is 328 g/mol. The highest BCUT2D eigenvalue weighted by atomic mass is 16.2. The number of benzene rings is 1. The van der Waals surface area contributed by atoms with E-state index >= 15 is 0 Å². The third-order valence-electron chi connectivity index (χ3n) is 5.09. The van der Waals surface area contributed by atoms with Gasteiger partial charge in [0.25, 0.3) is 0 Å². The summed E-state index contributed by atoms with van der Waals surface area (Å²) in [6, 6.07) is 6.19. The Bertz CT molecular complexity index is 620. The molecule has 0 aromatic heterocycles. The standard InChI is InChI=1S/C20H32N4O2/c1-5-23(6-2)18-7-8-19(16(3)15-18)21-20(26)9-10-22-11-13-24(14-12-22)17(4)25/h7-8,15H,5-6,9-14H2,1-4H3,(H,21,26). The van der Waals surface area contributed by atoms with Gasteiger partial charge in [0.2, 0.25) is 11.8 Å². The fourth-order valence-electron chi connectivity index (χ4n) is 3.33. The van der Waals surface area contributed by atoms with E-state index in [1.807, 2.05) is 17.9 Å². The first-order valence-corrected chi connectivity index (χ1v) is 9.57. The molecule has 26 heavy (non-hydrogen) atoms. The van der Waals surface area contributed by atoms with Gasteiger partial charge in [0, 0.05) is 70.5 Å². The molecule has 0 aliphatic carbocycles. The highest BCUT2D eigenvalue weighted by Crippen LogP contribution is 2.22. The smallest absolute Gasteiger partial charge is 0.225 e. The Morgan fingerprint density at radius 2 is 1.77 bits per heavy atom. The highest BCUT2D eigenvalue weighted by molar-refractivity contribution is 5.91. The molecular formula is C20H32N4O2. The van der Waals surface area contributed by atoms with Crippen molar-refractivity contribution in [2.45, 2.75) is 34.1 Å². The molecule has 2 rings (SSSR count). The van der Waals surface area contributed by atoms with Gasteiger partial charge in [-0.3, -0.25) is 14.5 Å². The number of carbonyl (C=O) groups is 2. The summed E-state index contributed by atoms with van der Waals surface area (Å²) in [5.41, 5.74) is 3.15. The number of nitrogens with zero attached hydrogens (tertiary/aromatic N) is 3. The second kappa shape index (κ2) is 9.57. The van der Waals surface area contributed by atoms with Gasteiger partial charge in [-0.25, -0.2) is 0 Å². The summed E-state index contributed by atoms with van der Waals surface area (Å²) in [6.07, 6.45) is 0.470. The van der Waals surface area contributed by atoms with E-state index in [2.05, 4.69) is 41.1 Å². The third kappa shape index (κ3) is 5.46. The fourth-order valence-corrected chi connectivity index (χ4v) is 3.33. The van der Waals surface area contributed by atoms with Crippen LogP contribution in [0.3, 0.4) is 0 Å². The zero-order chi connectivity index (χ0) is 19.1. The number of piperazine rings is 1. The Labute approximate surface area is 157 Å². The molecule has 1 aromatic carbocycles. The molecule has 1 N–H and O–H groups in total. The van der Waals surface area contributed by atoms with Crippen molar-refractivity contribution in [1.29, 1.82) is 0 Å². The van der Waals surface area contributed by atoms with Gasteiger partial charge < -0.3 is 15.1 Å². The van der Waals surface area contributed by atoms with Crippen LogP contribution in [0, 0.1) is 6.92 Å². The summed E-state index contributed by atoms with van der Waals surface area (Å²) in [5.74, 6) is 0.170. The van der Waals surface area contributed by atoms with Gasteiger partial charge in [0.1, 0.15) is 0 Å². The predicted octanol–water partition coefficient (Wildman–Crippen LogP) is 2.33. The van der Waals surface area contributed by atoms with Crippen LogP contribution in [0.2, 0.25) is 0 Å². The number of carbonyl (C=O) groups excluding carboxylic acids is 2. The molecule has 0 spiro atoms. The Kier molecular flexibility index (Phi) is 7.45. The van der Waals surface area contributed by atoms with E-state index in [4.69, 9.17) is 0 Å². The van der Waals surface area contributed by atoms with Crippen LogP contribution in [0.5, 0.6) is 0 Å². The van der Waals surface area contributed by atoms with Crippen LogP contribution in [-0.4, -0.2) is 67.4 Å². The lowest BCUT2D eigenvalue weighted by Crippen LogP contribution is -2.48. The minimum atomic E-state index is 0.0395. The van der Waals surface area contributed by atoms with Crippen LogP contribution in [0.1, 0.15) is 32.8 Å². The summed E-state index contributed by atoms with van der Waals surface area (Å²) in [7, 11) is 0. The molecule has 0 unspecified atom stereocenters. The van der Waals surface area contributed by atoms with Crippen molar-refractivity contribution in [3.8, 4) is 0 Å². The third-order valence-corrected chi connectivity index (χ3v) is 5.09. The molecule has 1 saturated heterocycles. The van der Waals surface area contributed by atoms with Crippen LogP contribution in [0.25, 0.3) is 0 Å². The molecule has 6 heteroatoms.